The smallest absolute Gasteiger partial charge is 0.357 e. The summed E-state index contributed by atoms with van der Waals surface area (Å²) in [5.74, 6) is -0.0529. The molecule has 0 aliphatic carbocycles. The highest BCUT2D eigenvalue weighted by Crippen LogP contribution is 2.34. The zero-order valence-electron chi connectivity index (χ0n) is 16.4. The highest BCUT2D eigenvalue weighted by molar-refractivity contribution is 6.30. The third kappa shape index (κ3) is 4.66. The fourth-order valence-corrected chi connectivity index (χ4v) is 3.66. The number of halogens is 4. The molecular weight excluding hydrogens is 431 g/mol. The summed E-state index contributed by atoms with van der Waals surface area (Å²) in [7, 11) is 0. The third-order valence-electron chi connectivity index (χ3n) is 5.05. The summed E-state index contributed by atoms with van der Waals surface area (Å²) < 4.78 is 42.0. The number of hydrogen-bond donors (Lipinski definition) is 1. The molecule has 0 unspecified atom stereocenters. The fourth-order valence-electron chi connectivity index (χ4n) is 3.53. The SMILES string of the molecule is O=C(NCc1ccnc(N2CCCC2)c1)c1cnn(-c2ccc(Cl)cc2)c1C(F)(F)F. The molecule has 0 saturated carbocycles. The van der Waals surface area contributed by atoms with Crippen LogP contribution in [-0.4, -0.2) is 33.8 Å². The van der Waals surface area contributed by atoms with E-state index in [4.69, 9.17) is 11.6 Å². The molecule has 1 aliphatic rings. The molecule has 1 saturated heterocycles. The Morgan fingerprint density at radius 3 is 2.52 bits per heavy atom. The highest BCUT2D eigenvalue weighted by atomic mass is 35.5. The van der Waals surface area contributed by atoms with Gasteiger partial charge in [-0.1, -0.05) is 11.6 Å². The summed E-state index contributed by atoms with van der Waals surface area (Å²) in [4.78, 5) is 19.1. The maximum absolute atomic E-state index is 13.8. The number of carbonyl (C=O) groups is 1. The van der Waals surface area contributed by atoms with Gasteiger partial charge in [-0.05, 0) is 54.8 Å². The number of hydrogen-bond acceptors (Lipinski definition) is 4. The fraction of sp³-hybridized carbons (Fsp3) is 0.286. The van der Waals surface area contributed by atoms with Gasteiger partial charge in [0.05, 0.1) is 17.4 Å². The third-order valence-corrected chi connectivity index (χ3v) is 5.30. The van der Waals surface area contributed by atoms with Crippen molar-refractivity contribution in [3.63, 3.8) is 0 Å². The molecule has 4 rings (SSSR count). The second-order valence-corrected chi connectivity index (χ2v) is 7.63. The van der Waals surface area contributed by atoms with Gasteiger partial charge in [0.25, 0.3) is 5.91 Å². The first kappa shape index (κ1) is 21.2. The molecule has 3 aromatic rings. The summed E-state index contributed by atoms with van der Waals surface area (Å²) in [6.45, 7) is 1.91. The first-order chi connectivity index (χ1) is 14.8. The summed E-state index contributed by atoms with van der Waals surface area (Å²) in [5, 5.41) is 6.74. The number of benzene rings is 1. The second-order valence-electron chi connectivity index (χ2n) is 7.19. The van der Waals surface area contributed by atoms with Crippen molar-refractivity contribution in [3.05, 3.63) is 70.6 Å². The molecular formula is C21H19ClF3N5O. The summed E-state index contributed by atoms with van der Waals surface area (Å²) >= 11 is 5.81. The predicted octanol–water partition coefficient (Wildman–Crippen LogP) is 4.47. The lowest BCUT2D eigenvalue weighted by molar-refractivity contribution is -0.143. The van der Waals surface area contributed by atoms with Crippen LogP contribution in [0.2, 0.25) is 5.02 Å². The Hall–Kier alpha value is -3.07. The molecule has 2 aromatic heterocycles. The topological polar surface area (TPSA) is 63.1 Å². The van der Waals surface area contributed by atoms with E-state index in [2.05, 4.69) is 20.3 Å². The standard InChI is InChI=1S/C21H19ClF3N5O/c22-15-3-5-16(6-4-15)30-19(21(23,24)25)17(13-28-30)20(31)27-12-14-7-8-26-18(11-14)29-9-1-2-10-29/h3-8,11,13H,1-2,9-10,12H2,(H,27,31). The lowest BCUT2D eigenvalue weighted by atomic mass is 10.2. The van der Waals surface area contributed by atoms with Gasteiger partial charge in [0.2, 0.25) is 0 Å². The minimum atomic E-state index is -4.78. The Morgan fingerprint density at radius 1 is 1.13 bits per heavy atom. The zero-order chi connectivity index (χ0) is 22.0. The van der Waals surface area contributed by atoms with Crippen molar-refractivity contribution in [2.75, 3.05) is 18.0 Å². The first-order valence-electron chi connectivity index (χ1n) is 9.72. The molecule has 0 spiro atoms. The number of carbonyl (C=O) groups excluding carboxylic acids is 1. The minimum Gasteiger partial charge on any atom is -0.357 e. The minimum absolute atomic E-state index is 0.0750. The zero-order valence-corrected chi connectivity index (χ0v) is 17.1. The van der Waals surface area contributed by atoms with Crippen molar-refractivity contribution in [3.8, 4) is 5.69 Å². The van der Waals surface area contributed by atoms with Crippen LogP contribution >= 0.6 is 11.6 Å². The van der Waals surface area contributed by atoms with E-state index in [0.717, 1.165) is 43.5 Å². The lowest BCUT2D eigenvalue weighted by Crippen LogP contribution is -2.26. The number of aromatic nitrogens is 3. The number of amides is 1. The number of anilines is 1. The van der Waals surface area contributed by atoms with Crippen LogP contribution in [0.3, 0.4) is 0 Å². The van der Waals surface area contributed by atoms with Gasteiger partial charge in [-0.2, -0.15) is 18.3 Å². The van der Waals surface area contributed by atoms with Crippen molar-refractivity contribution in [1.82, 2.24) is 20.1 Å². The quantitative estimate of drug-likeness (QED) is 0.624. The number of nitrogens with zero attached hydrogens (tertiary/aromatic N) is 4. The summed E-state index contributed by atoms with van der Waals surface area (Å²) in [6, 6.07) is 9.29. The van der Waals surface area contributed by atoms with Crippen LogP contribution < -0.4 is 10.2 Å². The normalized spacial score (nSPS) is 14.1. The Balaban J connectivity index is 1.55. The van der Waals surface area contributed by atoms with E-state index in [0.29, 0.717) is 9.70 Å². The number of nitrogens with one attached hydrogen (secondary N) is 1. The Labute approximate surface area is 181 Å². The maximum Gasteiger partial charge on any atom is 0.434 e. The molecule has 162 valence electrons. The number of alkyl halides is 3. The highest BCUT2D eigenvalue weighted by Gasteiger charge is 2.40. The van der Waals surface area contributed by atoms with Gasteiger partial charge >= 0.3 is 6.18 Å². The molecule has 10 heteroatoms. The molecule has 1 aromatic carbocycles. The van der Waals surface area contributed by atoms with Crippen molar-refractivity contribution in [2.45, 2.75) is 25.6 Å². The van der Waals surface area contributed by atoms with Crippen LogP contribution in [0.4, 0.5) is 19.0 Å². The van der Waals surface area contributed by atoms with E-state index in [9.17, 15) is 18.0 Å². The molecule has 1 aliphatic heterocycles. The van der Waals surface area contributed by atoms with Crippen LogP contribution in [0.5, 0.6) is 0 Å². The van der Waals surface area contributed by atoms with Gasteiger partial charge in [-0.15, -0.1) is 0 Å². The summed E-state index contributed by atoms with van der Waals surface area (Å²) in [6.07, 6.45) is -0.0207. The van der Waals surface area contributed by atoms with Crippen LogP contribution in [0.25, 0.3) is 5.69 Å². The molecule has 3 heterocycles. The van der Waals surface area contributed by atoms with Crippen LogP contribution in [0, 0.1) is 0 Å². The van der Waals surface area contributed by atoms with Crippen molar-refractivity contribution >= 4 is 23.3 Å². The second kappa shape index (κ2) is 8.58. The van der Waals surface area contributed by atoms with Crippen molar-refractivity contribution in [1.29, 1.82) is 0 Å². The van der Waals surface area contributed by atoms with Gasteiger partial charge in [0.1, 0.15) is 5.82 Å². The molecule has 0 atom stereocenters. The molecule has 1 amide bonds. The van der Waals surface area contributed by atoms with E-state index in [1.807, 2.05) is 6.07 Å². The van der Waals surface area contributed by atoms with E-state index < -0.39 is 23.3 Å². The molecule has 0 radical (unpaired) electrons. The van der Waals surface area contributed by atoms with E-state index in [1.165, 1.54) is 24.3 Å². The van der Waals surface area contributed by atoms with Crippen LogP contribution in [-0.2, 0) is 12.7 Å². The van der Waals surface area contributed by atoms with Gasteiger partial charge in [-0.3, -0.25) is 4.79 Å². The summed E-state index contributed by atoms with van der Waals surface area (Å²) in [5.41, 5.74) is -0.778. The van der Waals surface area contributed by atoms with E-state index in [-0.39, 0.29) is 12.2 Å². The maximum atomic E-state index is 13.8. The average Bonchev–Trinajstić information content (AvgIpc) is 3.43. The molecule has 0 bridgehead atoms. The Morgan fingerprint density at radius 2 is 1.84 bits per heavy atom. The number of rotatable bonds is 5. The molecule has 1 fully saturated rings. The molecule has 6 nitrogen and oxygen atoms in total. The largest absolute Gasteiger partial charge is 0.434 e. The van der Waals surface area contributed by atoms with Crippen LogP contribution in [0.1, 0.15) is 34.5 Å². The van der Waals surface area contributed by atoms with Gasteiger partial charge in [-0.25, -0.2) is 9.67 Å². The van der Waals surface area contributed by atoms with Gasteiger partial charge in [0, 0.05) is 30.9 Å². The first-order valence-corrected chi connectivity index (χ1v) is 10.1. The van der Waals surface area contributed by atoms with E-state index >= 15 is 0 Å². The molecule has 1 N–H and O–H groups in total. The number of pyridine rings is 1. The van der Waals surface area contributed by atoms with Crippen molar-refractivity contribution in [2.24, 2.45) is 0 Å². The van der Waals surface area contributed by atoms with E-state index in [1.54, 1.807) is 12.3 Å². The Bertz CT molecular complexity index is 1080. The molecule has 31 heavy (non-hydrogen) atoms. The predicted molar refractivity (Wildman–Crippen MR) is 110 cm³/mol. The van der Waals surface area contributed by atoms with Gasteiger partial charge < -0.3 is 10.2 Å². The lowest BCUT2D eigenvalue weighted by Gasteiger charge is -2.17. The van der Waals surface area contributed by atoms with Crippen LogP contribution in [0.15, 0.2) is 48.8 Å². The van der Waals surface area contributed by atoms with Crippen molar-refractivity contribution < 1.29 is 18.0 Å². The monoisotopic (exact) mass is 449 g/mol. The average molecular weight is 450 g/mol. The Kier molecular flexibility index (Phi) is 5.86. The van der Waals surface area contributed by atoms with Gasteiger partial charge in [0.15, 0.2) is 5.69 Å².